The molecule has 0 aromatic carbocycles. The summed E-state index contributed by atoms with van der Waals surface area (Å²) >= 11 is 0. The Morgan fingerprint density at radius 2 is 2.00 bits per heavy atom. The molecule has 0 aromatic rings. The molecule has 0 aromatic heterocycles. The fourth-order valence-corrected chi connectivity index (χ4v) is 1.05. The van der Waals surface area contributed by atoms with Crippen molar-refractivity contribution in [1.29, 1.82) is 0 Å². The van der Waals surface area contributed by atoms with E-state index in [0.29, 0.717) is 12.5 Å². The summed E-state index contributed by atoms with van der Waals surface area (Å²) in [6.07, 6.45) is -2.58. The first-order valence-corrected chi connectivity index (χ1v) is 5.22. The molecule has 0 spiro atoms. The molecule has 0 atom stereocenters. The molecule has 0 saturated heterocycles. The molecule has 0 radical (unpaired) electrons. The van der Waals surface area contributed by atoms with Crippen LogP contribution in [0.1, 0.15) is 26.7 Å². The molecular formula is C10H18F3NO2. The van der Waals surface area contributed by atoms with E-state index in [2.05, 4.69) is 23.9 Å². The van der Waals surface area contributed by atoms with Gasteiger partial charge in [-0.25, -0.2) is 0 Å². The first-order valence-electron chi connectivity index (χ1n) is 5.22. The molecule has 0 unspecified atom stereocenters. The van der Waals surface area contributed by atoms with Crippen molar-refractivity contribution in [3.63, 3.8) is 0 Å². The summed E-state index contributed by atoms with van der Waals surface area (Å²) in [5.41, 5.74) is 0. The van der Waals surface area contributed by atoms with E-state index >= 15 is 0 Å². The van der Waals surface area contributed by atoms with Crippen LogP contribution in [0.15, 0.2) is 0 Å². The van der Waals surface area contributed by atoms with Crippen LogP contribution in [0.5, 0.6) is 0 Å². The first kappa shape index (κ1) is 15.2. The van der Waals surface area contributed by atoms with Gasteiger partial charge in [0.25, 0.3) is 0 Å². The number of hydrogen-bond donors (Lipinski definition) is 1. The van der Waals surface area contributed by atoms with E-state index in [9.17, 15) is 18.0 Å². The lowest BCUT2D eigenvalue weighted by atomic mass is 10.1. The minimum absolute atomic E-state index is 0.479. The smallest absolute Gasteiger partial charge is 0.362 e. The Kier molecular flexibility index (Phi) is 7.12. The number of carbonyl (C=O) groups excluding carboxylic acids is 1. The predicted molar refractivity (Wildman–Crippen MR) is 54.0 cm³/mol. The van der Waals surface area contributed by atoms with Gasteiger partial charge in [0.15, 0.2) is 0 Å². The molecular weight excluding hydrogens is 223 g/mol. The van der Waals surface area contributed by atoms with Crippen molar-refractivity contribution >= 4 is 5.91 Å². The molecule has 0 fully saturated rings. The molecule has 0 saturated carbocycles. The monoisotopic (exact) mass is 241 g/mol. The molecule has 0 bridgehead atoms. The Labute approximate surface area is 93.3 Å². The fraction of sp³-hybridized carbons (Fsp3) is 0.900. The van der Waals surface area contributed by atoms with Gasteiger partial charge >= 0.3 is 6.18 Å². The van der Waals surface area contributed by atoms with E-state index in [1.807, 2.05) is 0 Å². The Bertz CT molecular complexity index is 205. The van der Waals surface area contributed by atoms with Crippen molar-refractivity contribution in [2.75, 3.05) is 19.8 Å². The van der Waals surface area contributed by atoms with E-state index in [4.69, 9.17) is 0 Å². The van der Waals surface area contributed by atoms with Crippen LogP contribution >= 0.6 is 0 Å². The number of hydrogen-bond acceptors (Lipinski definition) is 2. The molecule has 1 amide bonds. The fourth-order valence-electron chi connectivity index (χ4n) is 1.05. The molecule has 0 aliphatic rings. The van der Waals surface area contributed by atoms with Crippen molar-refractivity contribution in [2.45, 2.75) is 32.9 Å². The summed E-state index contributed by atoms with van der Waals surface area (Å²) in [6.45, 7) is 2.68. The van der Waals surface area contributed by atoms with Crippen molar-refractivity contribution in [3.8, 4) is 0 Å². The second-order valence-corrected chi connectivity index (χ2v) is 3.99. The van der Waals surface area contributed by atoms with Crippen molar-refractivity contribution in [2.24, 2.45) is 5.92 Å². The number of rotatable bonds is 7. The van der Waals surface area contributed by atoms with Crippen LogP contribution in [0.4, 0.5) is 13.2 Å². The van der Waals surface area contributed by atoms with Gasteiger partial charge < -0.3 is 10.1 Å². The van der Waals surface area contributed by atoms with Crippen LogP contribution in [-0.2, 0) is 9.53 Å². The van der Waals surface area contributed by atoms with Crippen molar-refractivity contribution < 1.29 is 22.7 Å². The minimum atomic E-state index is -4.38. The maximum absolute atomic E-state index is 11.6. The quantitative estimate of drug-likeness (QED) is 0.693. The van der Waals surface area contributed by atoms with Gasteiger partial charge in [-0.2, -0.15) is 13.2 Å². The molecule has 0 aliphatic heterocycles. The summed E-state index contributed by atoms with van der Waals surface area (Å²) in [4.78, 5) is 11.0. The molecule has 3 nitrogen and oxygen atoms in total. The number of ether oxygens (including phenoxy) is 1. The zero-order valence-electron chi connectivity index (χ0n) is 9.56. The van der Waals surface area contributed by atoms with Gasteiger partial charge in [0, 0.05) is 6.54 Å². The Balaban J connectivity index is 3.39. The van der Waals surface area contributed by atoms with E-state index in [0.717, 1.165) is 12.8 Å². The SMILES string of the molecule is CC(C)CCCNC(=O)COCC(F)(F)F. The number of amides is 1. The van der Waals surface area contributed by atoms with Crippen LogP contribution in [-0.4, -0.2) is 31.8 Å². The van der Waals surface area contributed by atoms with Crippen molar-refractivity contribution in [3.05, 3.63) is 0 Å². The van der Waals surface area contributed by atoms with Gasteiger partial charge in [-0.3, -0.25) is 4.79 Å². The van der Waals surface area contributed by atoms with E-state index in [1.165, 1.54) is 0 Å². The highest BCUT2D eigenvalue weighted by molar-refractivity contribution is 5.77. The molecule has 6 heteroatoms. The highest BCUT2D eigenvalue weighted by Crippen LogP contribution is 2.13. The summed E-state index contributed by atoms with van der Waals surface area (Å²) in [6, 6.07) is 0. The lowest BCUT2D eigenvalue weighted by Gasteiger charge is -2.08. The highest BCUT2D eigenvalue weighted by Gasteiger charge is 2.27. The summed E-state index contributed by atoms with van der Waals surface area (Å²) in [5, 5.41) is 2.49. The minimum Gasteiger partial charge on any atom is -0.362 e. The van der Waals surface area contributed by atoms with E-state index < -0.39 is 25.3 Å². The lowest BCUT2D eigenvalue weighted by Crippen LogP contribution is -2.30. The van der Waals surface area contributed by atoms with Crippen LogP contribution in [0.25, 0.3) is 0 Å². The number of halogens is 3. The van der Waals surface area contributed by atoms with E-state index in [-0.39, 0.29) is 0 Å². The number of nitrogens with one attached hydrogen (secondary N) is 1. The zero-order chi connectivity index (χ0) is 12.6. The average Bonchev–Trinajstić information content (AvgIpc) is 2.10. The molecule has 0 rings (SSSR count). The summed E-state index contributed by atoms with van der Waals surface area (Å²) in [5.74, 6) is 0.0476. The second kappa shape index (κ2) is 7.49. The highest BCUT2D eigenvalue weighted by atomic mass is 19.4. The number of carbonyl (C=O) groups is 1. The summed E-state index contributed by atoms with van der Waals surface area (Å²) in [7, 11) is 0. The number of alkyl halides is 3. The van der Waals surface area contributed by atoms with E-state index in [1.54, 1.807) is 0 Å². The molecule has 16 heavy (non-hydrogen) atoms. The third-order valence-electron chi connectivity index (χ3n) is 1.78. The normalized spacial score (nSPS) is 11.9. The molecule has 96 valence electrons. The molecule has 1 N–H and O–H groups in total. The third-order valence-corrected chi connectivity index (χ3v) is 1.78. The lowest BCUT2D eigenvalue weighted by molar-refractivity contribution is -0.175. The van der Waals surface area contributed by atoms with Crippen molar-refractivity contribution in [1.82, 2.24) is 5.32 Å². The average molecular weight is 241 g/mol. The molecule has 0 aliphatic carbocycles. The molecule has 0 heterocycles. The van der Waals surface area contributed by atoms with Crippen LogP contribution in [0, 0.1) is 5.92 Å². The maximum atomic E-state index is 11.6. The standard InChI is InChI=1S/C10H18F3NO2/c1-8(2)4-3-5-14-9(15)6-16-7-10(11,12)13/h8H,3-7H2,1-2H3,(H,14,15). The topological polar surface area (TPSA) is 38.3 Å². The Morgan fingerprint density at radius 1 is 1.38 bits per heavy atom. The maximum Gasteiger partial charge on any atom is 0.411 e. The van der Waals surface area contributed by atoms with Crippen LogP contribution in [0.2, 0.25) is 0 Å². The largest absolute Gasteiger partial charge is 0.411 e. The Hall–Kier alpha value is -0.780. The second-order valence-electron chi connectivity index (χ2n) is 3.99. The van der Waals surface area contributed by atoms with Gasteiger partial charge in [0.05, 0.1) is 0 Å². The zero-order valence-corrected chi connectivity index (χ0v) is 9.56. The van der Waals surface area contributed by atoms with Gasteiger partial charge in [-0.05, 0) is 18.8 Å². The van der Waals surface area contributed by atoms with Gasteiger partial charge in [-0.15, -0.1) is 0 Å². The Morgan fingerprint density at radius 3 is 2.50 bits per heavy atom. The summed E-state index contributed by atoms with van der Waals surface area (Å²) < 4.78 is 39.1. The predicted octanol–water partition coefficient (Wildman–Crippen LogP) is 2.12. The van der Waals surface area contributed by atoms with Crippen LogP contribution in [0.3, 0.4) is 0 Å². The van der Waals surface area contributed by atoms with Gasteiger partial charge in [0.1, 0.15) is 13.2 Å². The third kappa shape index (κ3) is 11.3. The van der Waals surface area contributed by atoms with Gasteiger partial charge in [-0.1, -0.05) is 13.8 Å². The van der Waals surface area contributed by atoms with Crippen LogP contribution < -0.4 is 5.32 Å². The first-order chi connectivity index (χ1) is 7.31. The van der Waals surface area contributed by atoms with Gasteiger partial charge in [0.2, 0.25) is 5.91 Å².